The second-order valence-corrected chi connectivity index (χ2v) is 4.19. The van der Waals surface area contributed by atoms with Crippen molar-refractivity contribution >= 4 is 15.9 Å². The van der Waals surface area contributed by atoms with E-state index in [1.807, 2.05) is 0 Å². The molecule has 1 N–H and O–H groups in total. The van der Waals surface area contributed by atoms with Crippen LogP contribution >= 0.6 is 15.9 Å². The van der Waals surface area contributed by atoms with Crippen LogP contribution in [0.25, 0.3) is 0 Å². The summed E-state index contributed by atoms with van der Waals surface area (Å²) in [4.78, 5) is 0. The number of benzene rings is 1. The zero-order valence-corrected chi connectivity index (χ0v) is 10.8. The summed E-state index contributed by atoms with van der Waals surface area (Å²) in [6, 6.07) is 2.33. The van der Waals surface area contributed by atoms with Gasteiger partial charge in [-0.2, -0.15) is 0 Å². The van der Waals surface area contributed by atoms with E-state index in [4.69, 9.17) is 9.47 Å². The second kappa shape index (κ2) is 7.00. The lowest BCUT2D eigenvalue weighted by atomic mass is 10.1. The van der Waals surface area contributed by atoms with E-state index in [2.05, 4.69) is 15.9 Å². The number of rotatable bonds is 6. The van der Waals surface area contributed by atoms with Gasteiger partial charge in [-0.25, -0.2) is 8.78 Å². The highest BCUT2D eigenvalue weighted by Crippen LogP contribution is 2.26. The van der Waals surface area contributed by atoms with Crippen LogP contribution in [0.3, 0.4) is 0 Å². The van der Waals surface area contributed by atoms with Gasteiger partial charge in [0.1, 0.15) is 17.7 Å². The van der Waals surface area contributed by atoms with Crippen molar-refractivity contribution in [1.29, 1.82) is 0 Å². The molecule has 0 aliphatic rings. The quantitative estimate of drug-likeness (QED) is 0.648. The maximum absolute atomic E-state index is 13.6. The average Bonchev–Trinajstić information content (AvgIpc) is 2.30. The molecule has 0 aliphatic carbocycles. The molecule has 96 valence electrons. The number of halogens is 3. The lowest BCUT2D eigenvalue weighted by Gasteiger charge is -2.14. The molecule has 1 aromatic rings. The first-order valence-electron chi connectivity index (χ1n) is 4.96. The number of aliphatic hydroxyl groups is 1. The summed E-state index contributed by atoms with van der Waals surface area (Å²) < 4.78 is 36.8. The first-order valence-corrected chi connectivity index (χ1v) is 5.75. The molecule has 1 unspecified atom stereocenters. The molecule has 0 bridgehead atoms. The number of hydrogen-bond acceptors (Lipinski definition) is 3. The van der Waals surface area contributed by atoms with E-state index in [0.29, 0.717) is 6.61 Å². The van der Waals surface area contributed by atoms with Gasteiger partial charge >= 0.3 is 0 Å². The standard InChI is InChI=1S/C11H13BrF2O3/c1-16-4-5-17-6-9(15)10-8(13)3-2-7(12)11(10)14/h2-3,9,15H,4-6H2,1H3. The molecule has 0 aliphatic heterocycles. The van der Waals surface area contributed by atoms with Gasteiger partial charge in [0.2, 0.25) is 0 Å². The molecule has 0 aromatic heterocycles. The molecule has 0 saturated carbocycles. The van der Waals surface area contributed by atoms with E-state index in [0.717, 1.165) is 6.07 Å². The second-order valence-electron chi connectivity index (χ2n) is 3.34. The largest absolute Gasteiger partial charge is 0.386 e. The van der Waals surface area contributed by atoms with E-state index in [1.54, 1.807) is 0 Å². The van der Waals surface area contributed by atoms with Crippen molar-refractivity contribution in [3.63, 3.8) is 0 Å². The predicted octanol–water partition coefficient (Wildman–Crippen LogP) is 2.42. The zero-order valence-electron chi connectivity index (χ0n) is 9.25. The summed E-state index contributed by atoms with van der Waals surface area (Å²) in [6.07, 6.45) is -1.34. The van der Waals surface area contributed by atoms with E-state index in [1.165, 1.54) is 13.2 Å². The van der Waals surface area contributed by atoms with Gasteiger partial charge in [0.15, 0.2) is 0 Å². The van der Waals surface area contributed by atoms with Crippen LogP contribution in [0.2, 0.25) is 0 Å². The third kappa shape index (κ3) is 3.99. The third-order valence-electron chi connectivity index (χ3n) is 2.12. The molecule has 6 heteroatoms. The van der Waals surface area contributed by atoms with Gasteiger partial charge in [-0.05, 0) is 28.1 Å². The van der Waals surface area contributed by atoms with Crippen LogP contribution in [0, 0.1) is 11.6 Å². The van der Waals surface area contributed by atoms with Crippen molar-refractivity contribution in [2.24, 2.45) is 0 Å². The Morgan fingerprint density at radius 1 is 1.35 bits per heavy atom. The summed E-state index contributed by atoms with van der Waals surface area (Å²) in [7, 11) is 1.51. The molecular formula is C11H13BrF2O3. The van der Waals surface area contributed by atoms with Crippen molar-refractivity contribution < 1.29 is 23.4 Å². The summed E-state index contributed by atoms with van der Waals surface area (Å²) in [5, 5.41) is 9.64. The molecule has 0 spiro atoms. The van der Waals surface area contributed by atoms with Crippen LogP contribution in [0.15, 0.2) is 16.6 Å². The van der Waals surface area contributed by atoms with Crippen LogP contribution in [0.4, 0.5) is 8.78 Å². The molecular weight excluding hydrogens is 298 g/mol. The van der Waals surface area contributed by atoms with Crippen LogP contribution < -0.4 is 0 Å². The van der Waals surface area contributed by atoms with Crippen LogP contribution in [-0.4, -0.2) is 32.0 Å². The van der Waals surface area contributed by atoms with Crippen molar-refractivity contribution in [2.45, 2.75) is 6.10 Å². The van der Waals surface area contributed by atoms with Gasteiger partial charge in [-0.15, -0.1) is 0 Å². The first-order chi connectivity index (χ1) is 8.07. The Bertz CT molecular complexity index is 374. The summed E-state index contributed by atoms with van der Waals surface area (Å²) >= 11 is 2.93. The highest BCUT2D eigenvalue weighted by molar-refractivity contribution is 9.10. The Balaban J connectivity index is 2.68. The molecule has 0 radical (unpaired) electrons. The number of hydrogen-bond donors (Lipinski definition) is 1. The molecule has 3 nitrogen and oxygen atoms in total. The Kier molecular flexibility index (Phi) is 5.97. The highest BCUT2D eigenvalue weighted by Gasteiger charge is 2.20. The minimum Gasteiger partial charge on any atom is -0.386 e. The van der Waals surface area contributed by atoms with Crippen LogP contribution in [0.5, 0.6) is 0 Å². The van der Waals surface area contributed by atoms with Gasteiger partial charge in [0.25, 0.3) is 0 Å². The summed E-state index contributed by atoms with van der Waals surface area (Å²) in [5.74, 6) is -1.61. The van der Waals surface area contributed by atoms with E-state index >= 15 is 0 Å². The fourth-order valence-corrected chi connectivity index (χ4v) is 1.61. The van der Waals surface area contributed by atoms with E-state index < -0.39 is 23.3 Å². The van der Waals surface area contributed by atoms with E-state index in [-0.39, 0.29) is 17.7 Å². The minimum absolute atomic E-state index is 0.102. The minimum atomic E-state index is -1.34. The lowest BCUT2D eigenvalue weighted by molar-refractivity contribution is 0.00998. The van der Waals surface area contributed by atoms with Gasteiger partial charge in [0, 0.05) is 7.11 Å². The van der Waals surface area contributed by atoms with Gasteiger partial charge in [-0.1, -0.05) is 0 Å². The molecule has 17 heavy (non-hydrogen) atoms. The third-order valence-corrected chi connectivity index (χ3v) is 2.73. The molecule has 0 amide bonds. The first kappa shape index (κ1) is 14.5. The van der Waals surface area contributed by atoms with Crippen molar-refractivity contribution in [1.82, 2.24) is 0 Å². The Morgan fingerprint density at radius 3 is 2.71 bits per heavy atom. The number of aliphatic hydroxyl groups excluding tert-OH is 1. The van der Waals surface area contributed by atoms with Crippen LogP contribution in [0.1, 0.15) is 11.7 Å². The fraction of sp³-hybridized carbons (Fsp3) is 0.455. The van der Waals surface area contributed by atoms with Crippen molar-refractivity contribution in [3.05, 3.63) is 33.8 Å². The van der Waals surface area contributed by atoms with Crippen LogP contribution in [-0.2, 0) is 9.47 Å². The Hall–Kier alpha value is -0.560. The molecule has 0 fully saturated rings. The van der Waals surface area contributed by atoms with Crippen molar-refractivity contribution in [2.75, 3.05) is 26.9 Å². The van der Waals surface area contributed by atoms with Gasteiger partial charge in [0.05, 0.1) is 29.9 Å². The van der Waals surface area contributed by atoms with Gasteiger partial charge in [-0.3, -0.25) is 0 Å². The molecule has 1 rings (SSSR count). The Morgan fingerprint density at radius 2 is 2.06 bits per heavy atom. The predicted molar refractivity (Wildman–Crippen MR) is 61.7 cm³/mol. The molecule has 1 aromatic carbocycles. The van der Waals surface area contributed by atoms with Crippen molar-refractivity contribution in [3.8, 4) is 0 Å². The van der Waals surface area contributed by atoms with Gasteiger partial charge < -0.3 is 14.6 Å². The fourth-order valence-electron chi connectivity index (χ4n) is 1.27. The molecule has 0 saturated heterocycles. The van der Waals surface area contributed by atoms with E-state index in [9.17, 15) is 13.9 Å². The number of ether oxygens (including phenoxy) is 2. The topological polar surface area (TPSA) is 38.7 Å². The highest BCUT2D eigenvalue weighted by atomic mass is 79.9. The number of methoxy groups -OCH3 is 1. The summed E-state index contributed by atoms with van der Waals surface area (Å²) in [6.45, 7) is 0.425. The molecule has 0 heterocycles. The smallest absolute Gasteiger partial charge is 0.146 e. The Labute approximate surface area is 106 Å². The average molecular weight is 311 g/mol. The lowest BCUT2D eigenvalue weighted by Crippen LogP contribution is -2.13. The monoisotopic (exact) mass is 310 g/mol. The molecule has 1 atom stereocenters. The normalized spacial score (nSPS) is 12.8. The SMILES string of the molecule is COCCOCC(O)c1c(F)ccc(Br)c1F. The maximum Gasteiger partial charge on any atom is 0.146 e. The maximum atomic E-state index is 13.6. The zero-order chi connectivity index (χ0) is 12.8. The summed E-state index contributed by atoms with van der Waals surface area (Å²) in [5.41, 5.74) is -0.392.